The van der Waals surface area contributed by atoms with E-state index in [0.717, 1.165) is 6.54 Å². The summed E-state index contributed by atoms with van der Waals surface area (Å²) >= 11 is 2.44. The van der Waals surface area contributed by atoms with Crippen LogP contribution in [0, 0.1) is 0 Å². The summed E-state index contributed by atoms with van der Waals surface area (Å²) in [6.07, 6.45) is 2.58. The molecule has 1 spiro atoms. The van der Waals surface area contributed by atoms with E-state index < -0.39 is 0 Å². The molecular weight excluding hydrogens is 299 g/mol. The number of benzene rings is 1. The highest BCUT2D eigenvalue weighted by molar-refractivity contribution is 14.1. The van der Waals surface area contributed by atoms with Crippen LogP contribution in [0.2, 0.25) is 0 Å². The van der Waals surface area contributed by atoms with Crippen LogP contribution < -0.4 is 5.32 Å². The van der Waals surface area contributed by atoms with Crippen LogP contribution in [0.25, 0.3) is 0 Å². The maximum atomic E-state index is 3.55. The largest absolute Gasteiger partial charge is 0.384 e. The molecule has 1 aromatic carbocycles. The lowest BCUT2D eigenvalue weighted by Gasteiger charge is -2.36. The van der Waals surface area contributed by atoms with E-state index in [-0.39, 0.29) is 0 Å². The third-order valence-electron chi connectivity index (χ3n) is 3.78. The Hall–Kier alpha value is -0.290. The monoisotopic (exact) mass is 314 g/mol. The van der Waals surface area contributed by atoms with Gasteiger partial charge in [0.2, 0.25) is 0 Å². The van der Waals surface area contributed by atoms with E-state index in [9.17, 15) is 0 Å². The van der Waals surface area contributed by atoms with Crippen LogP contribution >= 0.6 is 22.9 Å². The number of rotatable bonds is 0. The van der Waals surface area contributed by atoms with Gasteiger partial charge in [-0.1, -0.05) is 18.2 Å². The molecule has 2 nitrogen and oxygen atoms in total. The number of anilines is 1. The summed E-state index contributed by atoms with van der Waals surface area (Å²) in [7, 11) is 0. The van der Waals surface area contributed by atoms with Gasteiger partial charge in [-0.3, -0.25) is 0 Å². The van der Waals surface area contributed by atoms with Crippen LogP contribution in [-0.2, 0) is 5.41 Å². The number of halogens is 1. The molecule has 0 bridgehead atoms. The predicted molar refractivity (Wildman–Crippen MR) is 71.4 cm³/mol. The second-order valence-corrected chi connectivity index (χ2v) is 5.95. The van der Waals surface area contributed by atoms with Crippen LogP contribution in [-0.4, -0.2) is 22.7 Å². The summed E-state index contributed by atoms with van der Waals surface area (Å²) in [5.74, 6) is 0. The van der Waals surface area contributed by atoms with Crippen molar-refractivity contribution in [2.24, 2.45) is 0 Å². The number of fused-ring (bicyclic) bond motifs is 2. The predicted octanol–water partition coefficient (Wildman–Crippen LogP) is 2.80. The Morgan fingerprint density at radius 3 is 2.73 bits per heavy atom. The first kappa shape index (κ1) is 9.90. The molecular formula is C12H15IN2. The second kappa shape index (κ2) is 3.63. The molecule has 0 unspecified atom stereocenters. The van der Waals surface area contributed by atoms with E-state index in [1.165, 1.54) is 31.6 Å². The fraction of sp³-hybridized carbons (Fsp3) is 0.500. The van der Waals surface area contributed by atoms with Gasteiger partial charge < -0.3 is 5.32 Å². The number of hydrogen-bond acceptors (Lipinski definition) is 2. The SMILES string of the molecule is IN1CCC2(CC1)CNc1ccccc12. The molecule has 0 radical (unpaired) electrons. The molecule has 2 aliphatic rings. The van der Waals surface area contributed by atoms with Gasteiger partial charge in [0.1, 0.15) is 0 Å². The Morgan fingerprint density at radius 1 is 1.20 bits per heavy atom. The first-order chi connectivity index (χ1) is 7.30. The molecule has 1 saturated heterocycles. The molecule has 3 rings (SSSR count). The number of hydrogen-bond donors (Lipinski definition) is 1. The molecule has 3 heteroatoms. The highest BCUT2D eigenvalue weighted by atomic mass is 127. The maximum absolute atomic E-state index is 3.55. The fourth-order valence-electron chi connectivity index (χ4n) is 2.81. The quantitative estimate of drug-likeness (QED) is 0.585. The van der Waals surface area contributed by atoms with Gasteiger partial charge in [-0.25, -0.2) is 3.11 Å². The second-order valence-electron chi connectivity index (χ2n) is 4.59. The Balaban J connectivity index is 1.95. The van der Waals surface area contributed by atoms with Gasteiger partial charge in [0.15, 0.2) is 0 Å². The van der Waals surface area contributed by atoms with Crippen molar-refractivity contribution >= 4 is 28.6 Å². The van der Waals surface area contributed by atoms with Crippen LogP contribution in [0.1, 0.15) is 18.4 Å². The number of nitrogens with zero attached hydrogens (tertiary/aromatic N) is 1. The van der Waals surface area contributed by atoms with E-state index in [2.05, 4.69) is 55.6 Å². The molecule has 1 aromatic rings. The minimum Gasteiger partial charge on any atom is -0.384 e. The van der Waals surface area contributed by atoms with Crippen molar-refractivity contribution in [3.63, 3.8) is 0 Å². The summed E-state index contributed by atoms with van der Waals surface area (Å²) in [5, 5.41) is 3.55. The van der Waals surface area contributed by atoms with E-state index in [1.807, 2.05) is 0 Å². The molecule has 1 fully saturated rings. The van der Waals surface area contributed by atoms with E-state index >= 15 is 0 Å². The third kappa shape index (κ3) is 1.56. The molecule has 0 aliphatic carbocycles. The zero-order valence-corrected chi connectivity index (χ0v) is 10.8. The summed E-state index contributed by atoms with van der Waals surface area (Å²) in [4.78, 5) is 0. The first-order valence-electron chi connectivity index (χ1n) is 5.54. The van der Waals surface area contributed by atoms with Crippen molar-refractivity contribution in [3.05, 3.63) is 29.8 Å². The van der Waals surface area contributed by atoms with Crippen LogP contribution in [0.3, 0.4) is 0 Å². The normalized spacial score (nSPS) is 23.8. The molecule has 2 aliphatic heterocycles. The molecule has 15 heavy (non-hydrogen) atoms. The average Bonchev–Trinajstić information content (AvgIpc) is 2.63. The zero-order valence-electron chi connectivity index (χ0n) is 8.67. The zero-order chi connectivity index (χ0) is 10.3. The van der Waals surface area contributed by atoms with Crippen molar-refractivity contribution in [1.82, 2.24) is 3.11 Å². The van der Waals surface area contributed by atoms with Gasteiger partial charge in [0.05, 0.1) is 0 Å². The van der Waals surface area contributed by atoms with Gasteiger partial charge in [0.25, 0.3) is 0 Å². The summed E-state index contributed by atoms with van der Waals surface area (Å²) in [6.45, 7) is 3.57. The van der Waals surface area contributed by atoms with E-state index in [0.29, 0.717) is 5.41 Å². The molecule has 0 atom stereocenters. The van der Waals surface area contributed by atoms with Crippen molar-refractivity contribution in [1.29, 1.82) is 0 Å². The molecule has 0 amide bonds. The highest BCUT2D eigenvalue weighted by Gasteiger charge is 2.40. The maximum Gasteiger partial charge on any atom is 0.0379 e. The van der Waals surface area contributed by atoms with Crippen molar-refractivity contribution in [3.8, 4) is 0 Å². The Kier molecular flexibility index (Phi) is 2.39. The lowest BCUT2D eigenvalue weighted by molar-refractivity contribution is 0.278. The van der Waals surface area contributed by atoms with Crippen LogP contribution in [0.5, 0.6) is 0 Å². The molecule has 1 N–H and O–H groups in total. The smallest absolute Gasteiger partial charge is 0.0379 e. The standard InChI is InChI=1S/C12H15IN2/c13-15-7-5-12(6-8-15)9-14-11-4-2-1-3-10(11)12/h1-4,14H,5-9H2. The summed E-state index contributed by atoms with van der Waals surface area (Å²) in [5.41, 5.74) is 3.34. The molecule has 2 heterocycles. The molecule has 0 saturated carbocycles. The van der Waals surface area contributed by atoms with Gasteiger partial charge in [-0.15, -0.1) is 0 Å². The van der Waals surface area contributed by atoms with Gasteiger partial charge in [-0.05, 0) is 24.5 Å². The summed E-state index contributed by atoms with van der Waals surface area (Å²) in [6, 6.07) is 8.81. The fourth-order valence-corrected chi connectivity index (χ4v) is 3.30. The lowest BCUT2D eigenvalue weighted by atomic mass is 9.75. The lowest BCUT2D eigenvalue weighted by Crippen LogP contribution is -2.40. The van der Waals surface area contributed by atoms with Crippen LogP contribution in [0.15, 0.2) is 24.3 Å². The topological polar surface area (TPSA) is 15.3 Å². The van der Waals surface area contributed by atoms with Crippen molar-refractivity contribution in [2.75, 3.05) is 25.0 Å². The van der Waals surface area contributed by atoms with E-state index in [1.54, 1.807) is 5.56 Å². The first-order valence-corrected chi connectivity index (χ1v) is 6.51. The highest BCUT2D eigenvalue weighted by Crippen LogP contribution is 2.44. The Labute approximate surface area is 105 Å². The number of piperidine rings is 1. The van der Waals surface area contributed by atoms with Crippen molar-refractivity contribution < 1.29 is 0 Å². The molecule has 0 aromatic heterocycles. The molecule has 80 valence electrons. The van der Waals surface area contributed by atoms with Crippen molar-refractivity contribution in [2.45, 2.75) is 18.3 Å². The van der Waals surface area contributed by atoms with E-state index in [4.69, 9.17) is 0 Å². The minimum atomic E-state index is 0.429. The minimum absolute atomic E-state index is 0.429. The summed E-state index contributed by atoms with van der Waals surface area (Å²) < 4.78 is 2.41. The number of nitrogens with one attached hydrogen (secondary N) is 1. The van der Waals surface area contributed by atoms with Gasteiger partial charge in [0, 0.05) is 53.6 Å². The Morgan fingerprint density at radius 2 is 1.93 bits per heavy atom. The Bertz CT molecular complexity index is 370. The average molecular weight is 314 g/mol. The number of para-hydroxylation sites is 1. The third-order valence-corrected chi connectivity index (χ3v) is 4.75. The van der Waals surface area contributed by atoms with Gasteiger partial charge >= 0.3 is 0 Å². The van der Waals surface area contributed by atoms with Gasteiger partial charge in [-0.2, -0.15) is 0 Å². The van der Waals surface area contributed by atoms with Crippen LogP contribution in [0.4, 0.5) is 5.69 Å².